The minimum Gasteiger partial charge on any atom is -0.329 e. The standard InChI is InChI=1S/C15H20N2S/c1-12-5-3-6-13(9-12)11-17(2)14(10-16)15-7-4-8-18-15/h3-9,14H,10-11,16H2,1-2H3. The summed E-state index contributed by atoms with van der Waals surface area (Å²) in [7, 11) is 2.14. The lowest BCUT2D eigenvalue weighted by Gasteiger charge is -2.26. The molecule has 2 N–H and O–H groups in total. The number of hydrogen-bond acceptors (Lipinski definition) is 3. The molecule has 0 saturated carbocycles. The van der Waals surface area contributed by atoms with Crippen molar-refractivity contribution in [3.63, 3.8) is 0 Å². The van der Waals surface area contributed by atoms with Gasteiger partial charge in [0.15, 0.2) is 0 Å². The van der Waals surface area contributed by atoms with Gasteiger partial charge in [-0.05, 0) is 31.0 Å². The summed E-state index contributed by atoms with van der Waals surface area (Å²) < 4.78 is 0. The van der Waals surface area contributed by atoms with Crippen LogP contribution in [0.5, 0.6) is 0 Å². The van der Waals surface area contributed by atoms with E-state index in [1.807, 2.05) is 0 Å². The molecule has 0 radical (unpaired) electrons. The molecule has 0 aliphatic heterocycles. The van der Waals surface area contributed by atoms with Crippen LogP contribution in [0, 0.1) is 6.92 Å². The zero-order chi connectivity index (χ0) is 13.0. The number of nitrogens with zero attached hydrogens (tertiary/aromatic N) is 1. The number of hydrogen-bond donors (Lipinski definition) is 1. The third kappa shape index (κ3) is 3.19. The topological polar surface area (TPSA) is 29.3 Å². The number of nitrogens with two attached hydrogens (primary N) is 1. The molecular formula is C15H20N2S. The van der Waals surface area contributed by atoms with Gasteiger partial charge in [-0.25, -0.2) is 0 Å². The van der Waals surface area contributed by atoms with Gasteiger partial charge in [0, 0.05) is 18.0 Å². The summed E-state index contributed by atoms with van der Waals surface area (Å²) in [6.45, 7) is 3.72. The quantitative estimate of drug-likeness (QED) is 0.894. The van der Waals surface area contributed by atoms with E-state index in [1.54, 1.807) is 11.3 Å². The number of thiophene rings is 1. The molecule has 1 aromatic heterocycles. The summed E-state index contributed by atoms with van der Waals surface area (Å²) in [5, 5.41) is 2.11. The Balaban J connectivity index is 2.08. The predicted molar refractivity (Wildman–Crippen MR) is 78.8 cm³/mol. The third-order valence-electron chi connectivity index (χ3n) is 3.14. The molecule has 3 heteroatoms. The van der Waals surface area contributed by atoms with Gasteiger partial charge >= 0.3 is 0 Å². The van der Waals surface area contributed by atoms with Gasteiger partial charge in [0.05, 0.1) is 6.04 Å². The van der Waals surface area contributed by atoms with Crippen molar-refractivity contribution in [2.75, 3.05) is 13.6 Å². The summed E-state index contributed by atoms with van der Waals surface area (Å²) in [4.78, 5) is 3.66. The Hall–Kier alpha value is -1.16. The van der Waals surface area contributed by atoms with Crippen LogP contribution in [0.2, 0.25) is 0 Å². The smallest absolute Gasteiger partial charge is 0.0564 e. The van der Waals surface area contributed by atoms with E-state index in [9.17, 15) is 0 Å². The molecule has 0 fully saturated rings. The largest absolute Gasteiger partial charge is 0.329 e. The summed E-state index contributed by atoms with van der Waals surface area (Å²) in [5.74, 6) is 0. The predicted octanol–water partition coefficient (Wildman–Crippen LogP) is 3.19. The van der Waals surface area contributed by atoms with Crippen LogP contribution in [-0.4, -0.2) is 18.5 Å². The Morgan fingerprint density at radius 2 is 2.11 bits per heavy atom. The summed E-state index contributed by atoms with van der Waals surface area (Å²) >= 11 is 1.78. The monoisotopic (exact) mass is 260 g/mol. The van der Waals surface area contributed by atoms with E-state index in [-0.39, 0.29) is 0 Å². The fourth-order valence-electron chi connectivity index (χ4n) is 2.20. The van der Waals surface area contributed by atoms with E-state index in [0.717, 1.165) is 6.54 Å². The average molecular weight is 260 g/mol. The van der Waals surface area contributed by atoms with Crippen LogP contribution >= 0.6 is 11.3 Å². The van der Waals surface area contributed by atoms with Crippen molar-refractivity contribution in [1.82, 2.24) is 4.90 Å². The molecule has 96 valence electrons. The van der Waals surface area contributed by atoms with Crippen molar-refractivity contribution in [2.24, 2.45) is 5.73 Å². The van der Waals surface area contributed by atoms with Gasteiger partial charge < -0.3 is 5.73 Å². The minimum atomic E-state index is 0.311. The molecule has 0 spiro atoms. The maximum absolute atomic E-state index is 5.91. The number of likely N-dealkylation sites (N-methyl/N-ethyl adjacent to an activating group) is 1. The summed E-state index contributed by atoms with van der Waals surface area (Å²) in [6.07, 6.45) is 0. The Morgan fingerprint density at radius 1 is 1.28 bits per heavy atom. The highest BCUT2D eigenvalue weighted by Crippen LogP contribution is 2.24. The van der Waals surface area contributed by atoms with Gasteiger partial charge in [0.25, 0.3) is 0 Å². The zero-order valence-corrected chi connectivity index (χ0v) is 11.8. The van der Waals surface area contributed by atoms with Crippen LogP contribution in [0.1, 0.15) is 22.0 Å². The van der Waals surface area contributed by atoms with E-state index in [2.05, 4.69) is 60.6 Å². The number of aryl methyl sites for hydroxylation is 1. The molecule has 1 atom stereocenters. The van der Waals surface area contributed by atoms with Crippen LogP contribution in [0.3, 0.4) is 0 Å². The molecule has 0 saturated heterocycles. The van der Waals surface area contributed by atoms with Gasteiger partial charge in [-0.1, -0.05) is 35.9 Å². The van der Waals surface area contributed by atoms with E-state index in [1.165, 1.54) is 16.0 Å². The molecule has 2 aromatic rings. The second kappa shape index (κ2) is 6.14. The van der Waals surface area contributed by atoms with E-state index in [0.29, 0.717) is 12.6 Å². The lowest BCUT2D eigenvalue weighted by atomic mass is 10.1. The van der Waals surface area contributed by atoms with E-state index in [4.69, 9.17) is 5.73 Å². The molecule has 0 aliphatic rings. The first kappa shape index (κ1) is 13.3. The maximum Gasteiger partial charge on any atom is 0.0564 e. The Morgan fingerprint density at radius 3 is 2.72 bits per heavy atom. The first-order valence-corrected chi connectivity index (χ1v) is 7.08. The molecule has 1 aromatic carbocycles. The number of benzene rings is 1. The van der Waals surface area contributed by atoms with Crippen LogP contribution in [-0.2, 0) is 6.54 Å². The van der Waals surface area contributed by atoms with Gasteiger partial charge in [-0.2, -0.15) is 0 Å². The van der Waals surface area contributed by atoms with Gasteiger partial charge in [-0.15, -0.1) is 11.3 Å². The maximum atomic E-state index is 5.91. The van der Waals surface area contributed by atoms with E-state index < -0.39 is 0 Å². The second-order valence-electron chi connectivity index (χ2n) is 4.67. The first-order valence-electron chi connectivity index (χ1n) is 6.20. The van der Waals surface area contributed by atoms with Crippen molar-refractivity contribution in [3.8, 4) is 0 Å². The fourth-order valence-corrected chi connectivity index (χ4v) is 3.11. The minimum absolute atomic E-state index is 0.311. The molecule has 18 heavy (non-hydrogen) atoms. The SMILES string of the molecule is Cc1cccc(CN(C)C(CN)c2cccs2)c1. The zero-order valence-electron chi connectivity index (χ0n) is 11.0. The molecule has 0 amide bonds. The molecule has 1 unspecified atom stereocenters. The lowest BCUT2D eigenvalue weighted by molar-refractivity contribution is 0.245. The fraction of sp³-hybridized carbons (Fsp3) is 0.333. The van der Waals surface area contributed by atoms with Crippen molar-refractivity contribution in [3.05, 3.63) is 57.8 Å². The molecule has 2 rings (SSSR count). The second-order valence-corrected chi connectivity index (χ2v) is 5.65. The summed E-state index contributed by atoms with van der Waals surface area (Å²) in [6, 6.07) is 13.2. The molecule has 0 aliphatic carbocycles. The first-order chi connectivity index (χ1) is 8.70. The Bertz CT molecular complexity index is 479. The third-order valence-corrected chi connectivity index (χ3v) is 4.11. The molecular weight excluding hydrogens is 240 g/mol. The summed E-state index contributed by atoms with van der Waals surface area (Å²) in [5.41, 5.74) is 8.56. The van der Waals surface area contributed by atoms with E-state index >= 15 is 0 Å². The highest BCUT2D eigenvalue weighted by Gasteiger charge is 2.16. The van der Waals surface area contributed by atoms with Crippen LogP contribution in [0.4, 0.5) is 0 Å². The highest BCUT2D eigenvalue weighted by atomic mass is 32.1. The van der Waals surface area contributed by atoms with Crippen molar-refractivity contribution < 1.29 is 0 Å². The van der Waals surface area contributed by atoms with Gasteiger partial charge in [-0.3, -0.25) is 4.90 Å². The Kier molecular flexibility index (Phi) is 4.53. The van der Waals surface area contributed by atoms with Crippen LogP contribution in [0.25, 0.3) is 0 Å². The van der Waals surface area contributed by atoms with Crippen molar-refractivity contribution in [1.29, 1.82) is 0 Å². The van der Waals surface area contributed by atoms with Crippen molar-refractivity contribution >= 4 is 11.3 Å². The molecule has 1 heterocycles. The van der Waals surface area contributed by atoms with Crippen LogP contribution in [0.15, 0.2) is 41.8 Å². The van der Waals surface area contributed by atoms with Crippen LogP contribution < -0.4 is 5.73 Å². The highest BCUT2D eigenvalue weighted by molar-refractivity contribution is 7.10. The average Bonchev–Trinajstić information content (AvgIpc) is 2.83. The lowest BCUT2D eigenvalue weighted by Crippen LogP contribution is -2.29. The number of rotatable bonds is 5. The van der Waals surface area contributed by atoms with Gasteiger partial charge in [0.1, 0.15) is 0 Å². The normalized spacial score (nSPS) is 12.9. The van der Waals surface area contributed by atoms with Crippen molar-refractivity contribution in [2.45, 2.75) is 19.5 Å². The molecule has 2 nitrogen and oxygen atoms in total. The Labute approximate surface area is 113 Å². The van der Waals surface area contributed by atoms with Gasteiger partial charge in [0.2, 0.25) is 0 Å². The molecule has 0 bridgehead atoms.